The van der Waals surface area contributed by atoms with Crippen LogP contribution in [0, 0.1) is 0 Å². The summed E-state index contributed by atoms with van der Waals surface area (Å²) in [5, 5.41) is 3.28. The van der Waals surface area contributed by atoms with E-state index in [-0.39, 0.29) is 6.04 Å². The fourth-order valence-corrected chi connectivity index (χ4v) is 1.91. The summed E-state index contributed by atoms with van der Waals surface area (Å²) in [5.41, 5.74) is 5.73. The van der Waals surface area contributed by atoms with Crippen molar-refractivity contribution in [2.24, 2.45) is 0 Å². The molecule has 1 aromatic heterocycles. The third-order valence-corrected chi connectivity index (χ3v) is 2.75. The van der Waals surface area contributed by atoms with Crippen molar-refractivity contribution in [2.45, 2.75) is 13.0 Å². The largest absolute Gasteiger partial charge is 0.381 e. The highest BCUT2D eigenvalue weighted by Gasteiger charge is 2.14. The van der Waals surface area contributed by atoms with Gasteiger partial charge in [-0.25, -0.2) is 9.97 Å². The van der Waals surface area contributed by atoms with Crippen LogP contribution in [0.25, 0.3) is 0 Å². The average Bonchev–Trinajstić information content (AvgIpc) is 2.33. The van der Waals surface area contributed by atoms with Crippen LogP contribution in [0.2, 0.25) is 0 Å². The number of nitrogens with two attached hydrogens (primary N) is 1. The third kappa shape index (κ3) is 3.54. The highest BCUT2D eigenvalue weighted by atomic mass is 16.5. The Balaban J connectivity index is 1.84. The van der Waals surface area contributed by atoms with Crippen molar-refractivity contribution in [3.05, 3.63) is 12.4 Å². The number of hydrogen-bond acceptors (Lipinski definition) is 6. The summed E-state index contributed by atoms with van der Waals surface area (Å²) in [6.45, 7) is 6.69. The predicted molar refractivity (Wildman–Crippen MR) is 66.8 cm³/mol. The van der Waals surface area contributed by atoms with Gasteiger partial charge in [-0.3, -0.25) is 4.90 Å². The van der Waals surface area contributed by atoms with E-state index < -0.39 is 0 Å². The smallest absolute Gasteiger partial charge is 0.169 e. The van der Waals surface area contributed by atoms with Crippen molar-refractivity contribution in [1.29, 1.82) is 0 Å². The van der Waals surface area contributed by atoms with Gasteiger partial charge in [0.05, 0.1) is 13.2 Å². The first-order chi connectivity index (χ1) is 8.25. The maximum absolute atomic E-state index is 5.73. The fourth-order valence-electron chi connectivity index (χ4n) is 1.91. The van der Waals surface area contributed by atoms with Crippen LogP contribution in [0.4, 0.5) is 11.6 Å². The van der Waals surface area contributed by atoms with E-state index >= 15 is 0 Å². The lowest BCUT2D eigenvalue weighted by Crippen LogP contribution is -2.42. The van der Waals surface area contributed by atoms with Crippen LogP contribution < -0.4 is 11.1 Å². The van der Waals surface area contributed by atoms with Gasteiger partial charge in [-0.2, -0.15) is 0 Å². The van der Waals surface area contributed by atoms with Gasteiger partial charge in [-0.05, 0) is 6.92 Å². The summed E-state index contributed by atoms with van der Waals surface area (Å²) < 4.78 is 5.31. The summed E-state index contributed by atoms with van der Waals surface area (Å²) in [4.78, 5) is 10.5. The Kier molecular flexibility index (Phi) is 4.11. The highest BCUT2D eigenvalue weighted by molar-refractivity contribution is 5.55. The van der Waals surface area contributed by atoms with Crippen molar-refractivity contribution in [3.8, 4) is 0 Å². The molecule has 0 saturated carbocycles. The van der Waals surface area contributed by atoms with Crippen LogP contribution in [-0.2, 0) is 4.74 Å². The molecule has 17 heavy (non-hydrogen) atoms. The van der Waals surface area contributed by atoms with Crippen LogP contribution in [0.15, 0.2) is 12.4 Å². The molecule has 2 rings (SSSR count). The maximum atomic E-state index is 5.73. The topological polar surface area (TPSA) is 76.3 Å². The van der Waals surface area contributed by atoms with Crippen molar-refractivity contribution in [2.75, 3.05) is 43.9 Å². The van der Waals surface area contributed by atoms with Gasteiger partial charge in [0.1, 0.15) is 0 Å². The molecular formula is C11H19N5O. The van der Waals surface area contributed by atoms with E-state index in [0.717, 1.165) is 32.8 Å². The van der Waals surface area contributed by atoms with Crippen LogP contribution >= 0.6 is 0 Å². The minimum atomic E-state index is 0.284. The molecule has 1 unspecified atom stereocenters. The molecule has 6 nitrogen and oxygen atoms in total. The predicted octanol–water partition coefficient (Wildman–Crippen LogP) is 0.191. The fraction of sp³-hybridized carbons (Fsp3) is 0.636. The Morgan fingerprint density at radius 2 is 2.12 bits per heavy atom. The van der Waals surface area contributed by atoms with E-state index in [2.05, 4.69) is 27.1 Å². The summed E-state index contributed by atoms with van der Waals surface area (Å²) in [6.07, 6.45) is 3.23. The van der Waals surface area contributed by atoms with Gasteiger partial charge < -0.3 is 15.8 Å². The van der Waals surface area contributed by atoms with Crippen molar-refractivity contribution < 1.29 is 4.74 Å². The molecule has 0 spiro atoms. The molecule has 0 amide bonds. The zero-order valence-electron chi connectivity index (χ0n) is 10.1. The number of nitrogens with zero attached hydrogens (tertiary/aromatic N) is 3. The Morgan fingerprint density at radius 3 is 2.82 bits per heavy atom. The number of ether oxygens (including phenoxy) is 1. The molecule has 1 aromatic rings. The second kappa shape index (κ2) is 5.79. The molecule has 1 fully saturated rings. The molecule has 0 aliphatic carbocycles. The third-order valence-electron chi connectivity index (χ3n) is 2.75. The van der Waals surface area contributed by atoms with Gasteiger partial charge in [0.2, 0.25) is 0 Å². The zero-order valence-corrected chi connectivity index (χ0v) is 10.1. The Labute approximate surface area is 101 Å². The van der Waals surface area contributed by atoms with Crippen molar-refractivity contribution >= 4 is 11.6 Å². The number of rotatable bonds is 4. The van der Waals surface area contributed by atoms with Gasteiger partial charge in [0.15, 0.2) is 11.6 Å². The Morgan fingerprint density at radius 1 is 1.41 bits per heavy atom. The number of morpholine rings is 1. The molecular weight excluding hydrogens is 218 g/mol. The molecule has 3 N–H and O–H groups in total. The van der Waals surface area contributed by atoms with Gasteiger partial charge >= 0.3 is 0 Å². The molecule has 6 heteroatoms. The molecule has 1 aliphatic rings. The van der Waals surface area contributed by atoms with Gasteiger partial charge in [0.25, 0.3) is 0 Å². The maximum Gasteiger partial charge on any atom is 0.169 e. The molecule has 0 aromatic carbocycles. The van der Waals surface area contributed by atoms with Crippen LogP contribution in [0.1, 0.15) is 6.92 Å². The minimum Gasteiger partial charge on any atom is -0.381 e. The lowest BCUT2D eigenvalue weighted by Gasteiger charge is -2.29. The molecule has 0 bridgehead atoms. The number of nitrogens with one attached hydrogen (secondary N) is 1. The summed E-state index contributed by atoms with van der Waals surface area (Å²) >= 11 is 0. The first-order valence-electron chi connectivity index (χ1n) is 5.89. The molecule has 1 atom stereocenters. The number of anilines is 2. The average molecular weight is 237 g/mol. The van der Waals surface area contributed by atoms with Crippen LogP contribution in [0.3, 0.4) is 0 Å². The van der Waals surface area contributed by atoms with Gasteiger partial charge in [-0.1, -0.05) is 0 Å². The molecule has 1 aliphatic heterocycles. The number of aromatic nitrogens is 2. The quantitative estimate of drug-likeness (QED) is 0.778. The normalized spacial score (nSPS) is 18.9. The molecule has 0 radical (unpaired) electrons. The lowest BCUT2D eigenvalue weighted by atomic mass is 10.3. The zero-order chi connectivity index (χ0) is 12.1. The molecule has 94 valence electrons. The van der Waals surface area contributed by atoms with E-state index in [1.54, 1.807) is 12.4 Å². The van der Waals surface area contributed by atoms with Crippen LogP contribution in [0.5, 0.6) is 0 Å². The second-order valence-corrected chi connectivity index (χ2v) is 4.25. The summed E-state index contributed by atoms with van der Waals surface area (Å²) in [5.74, 6) is 1.11. The molecule has 1 saturated heterocycles. The van der Waals surface area contributed by atoms with E-state index in [9.17, 15) is 0 Å². The highest BCUT2D eigenvalue weighted by Crippen LogP contribution is 2.11. The van der Waals surface area contributed by atoms with E-state index in [1.807, 2.05) is 0 Å². The van der Waals surface area contributed by atoms with E-state index in [4.69, 9.17) is 10.5 Å². The summed E-state index contributed by atoms with van der Waals surface area (Å²) in [6, 6.07) is 0.284. The molecule has 2 heterocycles. The first-order valence-corrected chi connectivity index (χ1v) is 5.89. The summed E-state index contributed by atoms with van der Waals surface area (Å²) in [7, 11) is 0. The SMILES string of the molecule is CC(CN1CCOCC1)Nc1nccnc1N. The lowest BCUT2D eigenvalue weighted by molar-refractivity contribution is 0.0368. The van der Waals surface area contributed by atoms with Gasteiger partial charge in [0, 0.05) is 38.1 Å². The number of nitrogen functional groups attached to an aromatic ring is 1. The van der Waals surface area contributed by atoms with E-state index in [1.165, 1.54) is 0 Å². The van der Waals surface area contributed by atoms with E-state index in [0.29, 0.717) is 11.6 Å². The minimum absolute atomic E-state index is 0.284. The monoisotopic (exact) mass is 237 g/mol. The second-order valence-electron chi connectivity index (χ2n) is 4.25. The van der Waals surface area contributed by atoms with Crippen molar-refractivity contribution in [3.63, 3.8) is 0 Å². The standard InChI is InChI=1S/C11H19N5O/c1-9(8-16-4-6-17-7-5-16)15-11-10(12)13-2-3-14-11/h2-3,9H,4-8H2,1H3,(H2,12,13)(H,14,15). The number of hydrogen-bond donors (Lipinski definition) is 2. The first kappa shape index (κ1) is 12.1. The van der Waals surface area contributed by atoms with Crippen molar-refractivity contribution in [1.82, 2.24) is 14.9 Å². The van der Waals surface area contributed by atoms with Gasteiger partial charge in [-0.15, -0.1) is 0 Å². The Bertz CT molecular complexity index is 353. The Hall–Kier alpha value is -1.40. The van der Waals surface area contributed by atoms with Crippen LogP contribution in [-0.4, -0.2) is 53.8 Å².